The highest BCUT2D eigenvalue weighted by atomic mass is 35.5. The summed E-state index contributed by atoms with van der Waals surface area (Å²) in [7, 11) is 0. The molecule has 4 nitrogen and oxygen atoms in total. The Kier molecular flexibility index (Phi) is 6.41. The quantitative estimate of drug-likeness (QED) is 0.843. The number of benzene rings is 1. The molecular weight excluding hydrogens is 310 g/mol. The summed E-state index contributed by atoms with van der Waals surface area (Å²) >= 11 is 5.95. The van der Waals surface area contributed by atoms with E-state index in [-0.39, 0.29) is 5.91 Å². The number of halogens is 1. The van der Waals surface area contributed by atoms with E-state index in [4.69, 9.17) is 11.6 Å². The molecule has 0 saturated heterocycles. The molecule has 23 heavy (non-hydrogen) atoms. The second-order valence-electron chi connectivity index (χ2n) is 5.21. The fourth-order valence-corrected chi connectivity index (χ4v) is 2.61. The summed E-state index contributed by atoms with van der Waals surface area (Å²) in [4.78, 5) is 18.6. The predicted molar refractivity (Wildman–Crippen MR) is 95.3 cm³/mol. The van der Waals surface area contributed by atoms with Gasteiger partial charge < -0.3 is 10.2 Å². The van der Waals surface area contributed by atoms with Gasteiger partial charge in [-0.25, -0.2) is 4.98 Å². The third kappa shape index (κ3) is 4.96. The lowest BCUT2D eigenvalue weighted by Crippen LogP contribution is -2.27. The molecule has 1 aromatic carbocycles. The van der Waals surface area contributed by atoms with E-state index in [1.54, 1.807) is 12.3 Å². The zero-order chi connectivity index (χ0) is 16.7. The van der Waals surface area contributed by atoms with Gasteiger partial charge >= 0.3 is 0 Å². The number of carbonyl (C=O) groups is 1. The highest BCUT2D eigenvalue weighted by Gasteiger charge is 2.08. The van der Waals surface area contributed by atoms with Gasteiger partial charge in [0.1, 0.15) is 5.69 Å². The molecule has 1 amide bonds. The van der Waals surface area contributed by atoms with Crippen LogP contribution in [-0.4, -0.2) is 30.5 Å². The highest BCUT2D eigenvalue weighted by Crippen LogP contribution is 2.13. The third-order valence-electron chi connectivity index (χ3n) is 3.70. The number of hydrogen-bond acceptors (Lipinski definition) is 3. The van der Waals surface area contributed by atoms with Gasteiger partial charge in [-0.2, -0.15) is 0 Å². The van der Waals surface area contributed by atoms with Crippen molar-refractivity contribution in [1.82, 2.24) is 10.3 Å². The number of carbonyl (C=O) groups excluding carboxylic acids is 1. The van der Waals surface area contributed by atoms with Crippen LogP contribution in [0.5, 0.6) is 0 Å². The van der Waals surface area contributed by atoms with Crippen LogP contribution in [0.1, 0.15) is 29.9 Å². The molecule has 0 fully saturated rings. The van der Waals surface area contributed by atoms with Gasteiger partial charge in [0, 0.05) is 24.7 Å². The Morgan fingerprint density at radius 2 is 2.00 bits per heavy atom. The average Bonchev–Trinajstić information content (AvgIpc) is 2.56. The fourth-order valence-electron chi connectivity index (χ4n) is 2.40. The largest absolute Gasteiger partial charge is 0.371 e. The molecule has 0 radical (unpaired) electrons. The van der Waals surface area contributed by atoms with Crippen molar-refractivity contribution in [2.45, 2.75) is 20.3 Å². The van der Waals surface area contributed by atoms with Crippen molar-refractivity contribution in [3.63, 3.8) is 0 Å². The minimum atomic E-state index is -0.155. The summed E-state index contributed by atoms with van der Waals surface area (Å²) in [6.07, 6.45) is 2.49. The zero-order valence-corrected chi connectivity index (χ0v) is 14.3. The molecule has 5 heteroatoms. The van der Waals surface area contributed by atoms with Gasteiger partial charge in [-0.1, -0.05) is 23.7 Å². The van der Waals surface area contributed by atoms with Gasteiger partial charge in [0.2, 0.25) is 0 Å². The molecule has 0 spiro atoms. The molecule has 0 aliphatic rings. The van der Waals surface area contributed by atoms with Crippen LogP contribution in [-0.2, 0) is 6.42 Å². The van der Waals surface area contributed by atoms with Crippen molar-refractivity contribution in [3.8, 4) is 0 Å². The molecule has 122 valence electrons. The predicted octanol–water partition coefficient (Wildman–Crippen LogP) is 3.55. The molecule has 0 aliphatic carbocycles. The molecule has 1 N–H and O–H groups in total. The van der Waals surface area contributed by atoms with E-state index in [9.17, 15) is 4.79 Å². The maximum Gasteiger partial charge on any atom is 0.269 e. The van der Waals surface area contributed by atoms with Gasteiger partial charge in [-0.05, 0) is 50.1 Å². The molecule has 0 atom stereocenters. The van der Waals surface area contributed by atoms with Crippen LogP contribution in [0.15, 0.2) is 42.6 Å². The lowest BCUT2D eigenvalue weighted by molar-refractivity contribution is 0.0949. The minimum Gasteiger partial charge on any atom is -0.371 e. The average molecular weight is 332 g/mol. The van der Waals surface area contributed by atoms with Crippen molar-refractivity contribution in [3.05, 3.63) is 58.9 Å². The van der Waals surface area contributed by atoms with E-state index in [2.05, 4.69) is 29.0 Å². The lowest BCUT2D eigenvalue weighted by Gasteiger charge is -2.20. The van der Waals surface area contributed by atoms with Crippen molar-refractivity contribution in [2.24, 2.45) is 0 Å². The van der Waals surface area contributed by atoms with Gasteiger partial charge in [0.25, 0.3) is 5.91 Å². The number of nitrogens with zero attached hydrogens (tertiary/aromatic N) is 2. The summed E-state index contributed by atoms with van der Waals surface area (Å²) in [5, 5.41) is 3.60. The molecule has 0 aliphatic heterocycles. The van der Waals surface area contributed by atoms with Crippen molar-refractivity contribution in [2.75, 3.05) is 24.5 Å². The van der Waals surface area contributed by atoms with Crippen molar-refractivity contribution >= 4 is 23.2 Å². The number of anilines is 1. The van der Waals surface area contributed by atoms with Crippen LogP contribution in [0, 0.1) is 0 Å². The molecule has 2 rings (SSSR count). The lowest BCUT2D eigenvalue weighted by atomic mass is 10.1. The molecule has 1 heterocycles. The standard InChI is InChI=1S/C18H22ClN3O/c1-3-22(4-2)16-8-9-17(21-13-16)18(23)20-11-10-14-6-5-7-15(19)12-14/h5-9,12-13H,3-4,10-11H2,1-2H3,(H,20,23). The Morgan fingerprint density at radius 1 is 1.22 bits per heavy atom. The Hall–Kier alpha value is -2.07. The molecular formula is C18H22ClN3O. The van der Waals surface area contributed by atoms with E-state index in [1.807, 2.05) is 30.3 Å². The second kappa shape index (κ2) is 8.53. The molecule has 0 bridgehead atoms. The van der Waals surface area contributed by atoms with Crippen LogP contribution >= 0.6 is 11.6 Å². The highest BCUT2D eigenvalue weighted by molar-refractivity contribution is 6.30. The number of nitrogens with one attached hydrogen (secondary N) is 1. The van der Waals surface area contributed by atoms with Crippen LogP contribution < -0.4 is 10.2 Å². The van der Waals surface area contributed by atoms with Crippen molar-refractivity contribution < 1.29 is 4.79 Å². The summed E-state index contributed by atoms with van der Waals surface area (Å²) in [6, 6.07) is 11.4. The first-order valence-electron chi connectivity index (χ1n) is 7.87. The fraction of sp³-hybridized carbons (Fsp3) is 0.333. The van der Waals surface area contributed by atoms with Gasteiger partial charge in [-0.15, -0.1) is 0 Å². The summed E-state index contributed by atoms with van der Waals surface area (Å²) in [5.74, 6) is -0.155. The molecule has 2 aromatic rings. The van der Waals surface area contributed by atoms with Crippen molar-refractivity contribution in [1.29, 1.82) is 0 Å². The summed E-state index contributed by atoms with van der Waals surface area (Å²) < 4.78 is 0. The minimum absolute atomic E-state index is 0.155. The molecule has 1 aromatic heterocycles. The normalized spacial score (nSPS) is 10.4. The number of aromatic nitrogens is 1. The Bertz CT molecular complexity index is 639. The topological polar surface area (TPSA) is 45.2 Å². The van der Waals surface area contributed by atoms with Crippen LogP contribution in [0.3, 0.4) is 0 Å². The number of pyridine rings is 1. The second-order valence-corrected chi connectivity index (χ2v) is 5.65. The summed E-state index contributed by atoms with van der Waals surface area (Å²) in [6.45, 7) is 6.59. The Labute approximate surface area is 142 Å². The number of amides is 1. The Balaban J connectivity index is 1.88. The maximum absolute atomic E-state index is 12.1. The summed E-state index contributed by atoms with van der Waals surface area (Å²) in [5.41, 5.74) is 2.57. The van der Waals surface area contributed by atoms with E-state index < -0.39 is 0 Å². The first-order chi connectivity index (χ1) is 11.1. The van der Waals surface area contributed by atoms with Gasteiger partial charge in [0.15, 0.2) is 0 Å². The first-order valence-corrected chi connectivity index (χ1v) is 8.25. The monoisotopic (exact) mass is 331 g/mol. The SMILES string of the molecule is CCN(CC)c1ccc(C(=O)NCCc2cccc(Cl)c2)nc1. The van der Waals surface area contributed by atoms with E-state index in [1.165, 1.54) is 0 Å². The van der Waals surface area contributed by atoms with E-state index >= 15 is 0 Å². The molecule has 0 saturated carbocycles. The van der Waals surface area contributed by atoms with E-state index in [0.717, 1.165) is 30.8 Å². The first kappa shape index (κ1) is 17.3. The van der Waals surface area contributed by atoms with Crippen LogP contribution in [0.25, 0.3) is 0 Å². The third-order valence-corrected chi connectivity index (χ3v) is 3.93. The Morgan fingerprint density at radius 3 is 2.61 bits per heavy atom. The smallest absolute Gasteiger partial charge is 0.269 e. The molecule has 0 unspecified atom stereocenters. The van der Waals surface area contributed by atoms with Gasteiger partial charge in [0.05, 0.1) is 11.9 Å². The number of hydrogen-bond donors (Lipinski definition) is 1. The van der Waals surface area contributed by atoms with Crippen LogP contribution in [0.2, 0.25) is 5.02 Å². The number of rotatable bonds is 7. The van der Waals surface area contributed by atoms with Gasteiger partial charge in [-0.3, -0.25) is 4.79 Å². The van der Waals surface area contributed by atoms with Crippen LogP contribution in [0.4, 0.5) is 5.69 Å². The zero-order valence-electron chi connectivity index (χ0n) is 13.6. The maximum atomic E-state index is 12.1. The van der Waals surface area contributed by atoms with E-state index in [0.29, 0.717) is 17.3 Å².